The van der Waals surface area contributed by atoms with E-state index in [4.69, 9.17) is 4.74 Å². The molecule has 0 radical (unpaired) electrons. The van der Waals surface area contributed by atoms with Crippen molar-refractivity contribution < 1.29 is 69.1 Å². The smallest absolute Gasteiger partial charge is 0.445 e. The third-order valence-corrected chi connectivity index (χ3v) is 3.24. The molecule has 0 atom stereocenters. The third kappa shape index (κ3) is 3.40. The Hall–Kier alpha value is 0.661. The molecule has 18 heavy (non-hydrogen) atoms. The number of aromatic nitrogens is 2. The molecule has 0 saturated carbocycles. The molecule has 1 fully saturated rings. The van der Waals surface area contributed by atoms with E-state index >= 15 is 0 Å². The Bertz CT molecular complexity index is 416. The topological polar surface area (TPSA) is 27.1 Å². The van der Waals surface area contributed by atoms with Gasteiger partial charge in [-0.1, -0.05) is 5.46 Å². The third-order valence-electron chi connectivity index (χ3n) is 3.24. The largest absolute Gasteiger partial charge is 1.00 e. The van der Waals surface area contributed by atoms with Crippen molar-refractivity contribution in [2.24, 2.45) is 0 Å². The SMILES string of the molecule is Cc1nn(C2CCOCC2)c(C)c1[B-](F)(F)F.[K+]. The number of hydrogen-bond donors (Lipinski definition) is 0. The van der Waals surface area contributed by atoms with E-state index in [1.54, 1.807) is 0 Å². The maximum absolute atomic E-state index is 12.9. The van der Waals surface area contributed by atoms with Crippen LogP contribution in [0, 0.1) is 13.8 Å². The molecule has 2 rings (SSSR count). The summed E-state index contributed by atoms with van der Waals surface area (Å²) in [6, 6.07) is 0.0364. The van der Waals surface area contributed by atoms with Crippen molar-refractivity contribution in [1.82, 2.24) is 9.78 Å². The number of halogens is 3. The molecule has 8 heteroatoms. The average Bonchev–Trinajstić information content (AvgIpc) is 2.54. The Morgan fingerprint density at radius 3 is 2.22 bits per heavy atom. The molecule has 0 amide bonds. The van der Waals surface area contributed by atoms with Crippen molar-refractivity contribution in [3.8, 4) is 0 Å². The van der Waals surface area contributed by atoms with Gasteiger partial charge in [0.2, 0.25) is 0 Å². The quantitative estimate of drug-likeness (QED) is 0.646. The number of rotatable bonds is 2. The maximum atomic E-state index is 12.9. The fourth-order valence-corrected chi connectivity index (χ4v) is 2.43. The number of aryl methyl sites for hydroxylation is 1. The van der Waals surface area contributed by atoms with E-state index < -0.39 is 12.4 Å². The first-order chi connectivity index (χ1) is 7.91. The van der Waals surface area contributed by atoms with Crippen LogP contribution in [0.4, 0.5) is 12.9 Å². The number of nitrogens with zero attached hydrogens (tertiary/aromatic N) is 2. The van der Waals surface area contributed by atoms with Crippen LogP contribution in [0.5, 0.6) is 0 Å². The second kappa shape index (κ2) is 6.41. The fourth-order valence-electron chi connectivity index (χ4n) is 2.43. The van der Waals surface area contributed by atoms with Crippen LogP contribution in [0.3, 0.4) is 0 Å². The van der Waals surface area contributed by atoms with Gasteiger partial charge < -0.3 is 17.7 Å². The first-order valence-electron chi connectivity index (χ1n) is 5.74. The van der Waals surface area contributed by atoms with Gasteiger partial charge in [0.1, 0.15) is 0 Å². The van der Waals surface area contributed by atoms with Gasteiger partial charge in [-0.25, -0.2) is 0 Å². The van der Waals surface area contributed by atoms with E-state index in [-0.39, 0.29) is 68.8 Å². The number of hydrogen-bond acceptors (Lipinski definition) is 2. The second-order valence-electron chi connectivity index (χ2n) is 4.45. The first kappa shape index (κ1) is 16.7. The Kier molecular flexibility index (Phi) is 5.95. The fraction of sp³-hybridized carbons (Fsp3) is 0.700. The van der Waals surface area contributed by atoms with E-state index in [1.807, 2.05) is 0 Å². The molecule has 1 aliphatic rings. The zero-order chi connectivity index (χ0) is 12.6. The van der Waals surface area contributed by atoms with Crippen molar-refractivity contribution in [2.45, 2.75) is 32.7 Å². The summed E-state index contributed by atoms with van der Waals surface area (Å²) in [5.74, 6) is 0. The minimum atomic E-state index is -4.98. The Balaban J connectivity index is 0.00000162. The van der Waals surface area contributed by atoms with Gasteiger partial charge in [-0.05, 0) is 26.7 Å². The van der Waals surface area contributed by atoms with Crippen LogP contribution in [0.15, 0.2) is 0 Å². The van der Waals surface area contributed by atoms with Gasteiger partial charge in [0.25, 0.3) is 0 Å². The Labute approximate surface area is 147 Å². The molecule has 0 N–H and O–H groups in total. The van der Waals surface area contributed by atoms with Gasteiger partial charge >= 0.3 is 58.4 Å². The van der Waals surface area contributed by atoms with Crippen LogP contribution < -0.4 is 56.8 Å². The Morgan fingerprint density at radius 2 is 1.78 bits per heavy atom. The van der Waals surface area contributed by atoms with Crippen molar-refractivity contribution in [2.75, 3.05) is 13.2 Å². The van der Waals surface area contributed by atoms with Gasteiger partial charge in [-0.2, -0.15) is 5.10 Å². The zero-order valence-corrected chi connectivity index (χ0v) is 14.0. The molecule has 1 aromatic rings. The average molecular weight is 286 g/mol. The van der Waals surface area contributed by atoms with E-state index in [2.05, 4.69) is 5.10 Å². The molecule has 0 spiro atoms. The summed E-state index contributed by atoms with van der Waals surface area (Å²) >= 11 is 0. The number of ether oxygens (including phenoxy) is 1. The van der Waals surface area contributed by atoms with Gasteiger partial charge in [-0.15, -0.1) is 0 Å². The molecule has 1 aromatic heterocycles. The minimum absolute atomic E-state index is 0. The summed E-state index contributed by atoms with van der Waals surface area (Å²) in [4.78, 5) is 0. The summed E-state index contributed by atoms with van der Waals surface area (Å²) in [5.41, 5.74) is -0.208. The monoisotopic (exact) mass is 286 g/mol. The summed E-state index contributed by atoms with van der Waals surface area (Å²) in [6.45, 7) is -0.868. The van der Waals surface area contributed by atoms with Crippen molar-refractivity contribution in [3.05, 3.63) is 11.4 Å². The van der Waals surface area contributed by atoms with E-state index in [0.717, 1.165) is 12.8 Å². The van der Waals surface area contributed by atoms with Gasteiger partial charge in [0.15, 0.2) is 0 Å². The predicted molar refractivity (Wildman–Crippen MR) is 59.5 cm³/mol. The molecule has 96 valence electrons. The maximum Gasteiger partial charge on any atom is 1.00 e. The van der Waals surface area contributed by atoms with E-state index in [0.29, 0.717) is 13.2 Å². The van der Waals surface area contributed by atoms with Gasteiger partial charge in [0.05, 0.1) is 6.04 Å². The second-order valence-corrected chi connectivity index (χ2v) is 4.45. The van der Waals surface area contributed by atoms with E-state index in [1.165, 1.54) is 18.5 Å². The molecular weight excluding hydrogens is 271 g/mol. The minimum Gasteiger partial charge on any atom is -0.445 e. The summed E-state index contributed by atoms with van der Waals surface area (Å²) in [5, 5.41) is 4.06. The molecule has 2 heterocycles. The van der Waals surface area contributed by atoms with Crippen LogP contribution in [0.25, 0.3) is 0 Å². The summed E-state index contributed by atoms with van der Waals surface area (Å²) in [7, 11) is 0. The summed E-state index contributed by atoms with van der Waals surface area (Å²) < 4.78 is 45.4. The van der Waals surface area contributed by atoms with E-state index in [9.17, 15) is 12.9 Å². The van der Waals surface area contributed by atoms with Crippen LogP contribution >= 0.6 is 0 Å². The van der Waals surface area contributed by atoms with Crippen LogP contribution in [0.2, 0.25) is 0 Å². The Morgan fingerprint density at radius 1 is 1.22 bits per heavy atom. The normalized spacial score (nSPS) is 17.6. The molecule has 3 nitrogen and oxygen atoms in total. The molecule has 0 unspecified atom stereocenters. The zero-order valence-electron chi connectivity index (χ0n) is 10.9. The molecular formula is C10H15BF3KN2O. The molecule has 0 bridgehead atoms. The molecule has 0 aromatic carbocycles. The molecule has 0 aliphatic carbocycles. The molecule has 1 aliphatic heterocycles. The van der Waals surface area contributed by atoms with Gasteiger partial charge in [-0.3, -0.25) is 4.68 Å². The van der Waals surface area contributed by atoms with Crippen LogP contribution in [-0.2, 0) is 4.74 Å². The molecule has 1 saturated heterocycles. The summed E-state index contributed by atoms with van der Waals surface area (Å²) in [6.07, 6.45) is 1.46. The van der Waals surface area contributed by atoms with Crippen molar-refractivity contribution in [1.29, 1.82) is 0 Å². The first-order valence-corrected chi connectivity index (χ1v) is 5.74. The van der Waals surface area contributed by atoms with Crippen LogP contribution in [0.1, 0.15) is 30.3 Å². The van der Waals surface area contributed by atoms with Gasteiger partial charge in [0, 0.05) is 24.6 Å². The standard InChI is InChI=1S/C10H15BF3N2O.K/c1-7-10(11(12,13)14)8(2)16(15-7)9-3-5-17-6-4-9;/h9H,3-6H2,1-2H3;/q-1;+1. The van der Waals surface area contributed by atoms with Crippen molar-refractivity contribution in [3.63, 3.8) is 0 Å². The predicted octanol–water partition coefficient (Wildman–Crippen LogP) is -1.09. The van der Waals surface area contributed by atoms with Crippen LogP contribution in [-0.4, -0.2) is 30.0 Å². The van der Waals surface area contributed by atoms with Crippen molar-refractivity contribution >= 4 is 12.4 Å².